The smallest absolute Gasteiger partial charge is 0.0540 e. The molecular formula is C10H18O. The lowest BCUT2D eigenvalue weighted by atomic mass is 9.85. The van der Waals surface area contributed by atoms with E-state index in [1.807, 2.05) is 0 Å². The number of aliphatic hydroxyl groups is 1. The fourth-order valence-electron chi connectivity index (χ4n) is 1.71. The average molecular weight is 154 g/mol. The van der Waals surface area contributed by atoms with E-state index in [2.05, 4.69) is 19.1 Å². The van der Waals surface area contributed by atoms with E-state index in [0.29, 0.717) is 0 Å². The van der Waals surface area contributed by atoms with Crippen molar-refractivity contribution in [2.45, 2.75) is 45.1 Å². The molecular weight excluding hydrogens is 136 g/mol. The fourth-order valence-corrected chi connectivity index (χ4v) is 1.71. The molecule has 1 fully saturated rings. The van der Waals surface area contributed by atoms with E-state index in [4.69, 9.17) is 0 Å². The summed E-state index contributed by atoms with van der Waals surface area (Å²) < 4.78 is 0. The number of rotatable bonds is 2. The van der Waals surface area contributed by atoms with Gasteiger partial charge >= 0.3 is 0 Å². The first-order valence-electron chi connectivity index (χ1n) is 4.62. The molecule has 0 radical (unpaired) electrons. The van der Waals surface area contributed by atoms with E-state index in [0.717, 1.165) is 18.8 Å². The Balaban J connectivity index is 2.17. The van der Waals surface area contributed by atoms with Crippen LogP contribution in [0.4, 0.5) is 0 Å². The van der Waals surface area contributed by atoms with Gasteiger partial charge in [-0.2, -0.15) is 0 Å². The van der Waals surface area contributed by atoms with Crippen molar-refractivity contribution in [3.05, 3.63) is 12.2 Å². The van der Waals surface area contributed by atoms with Gasteiger partial charge in [0.1, 0.15) is 0 Å². The van der Waals surface area contributed by atoms with Gasteiger partial charge in [0.15, 0.2) is 0 Å². The summed E-state index contributed by atoms with van der Waals surface area (Å²) in [5.41, 5.74) is 0. The van der Waals surface area contributed by atoms with Crippen molar-refractivity contribution < 1.29 is 5.11 Å². The van der Waals surface area contributed by atoms with Crippen molar-refractivity contribution >= 4 is 0 Å². The summed E-state index contributed by atoms with van der Waals surface area (Å²) in [7, 11) is 0. The molecule has 1 aliphatic carbocycles. The van der Waals surface area contributed by atoms with Crippen LogP contribution in [0.2, 0.25) is 0 Å². The molecule has 0 heterocycles. The normalized spacial score (nSPS) is 32.9. The molecule has 0 bridgehead atoms. The Labute approximate surface area is 69.1 Å². The first-order valence-corrected chi connectivity index (χ1v) is 4.62. The lowest BCUT2D eigenvalue weighted by Gasteiger charge is -2.24. The van der Waals surface area contributed by atoms with Gasteiger partial charge in [-0.05, 0) is 44.9 Å². The summed E-state index contributed by atoms with van der Waals surface area (Å²) >= 11 is 0. The van der Waals surface area contributed by atoms with Gasteiger partial charge in [0.2, 0.25) is 0 Å². The molecule has 0 amide bonds. The Morgan fingerprint density at radius 2 is 1.91 bits per heavy atom. The lowest BCUT2D eigenvalue weighted by Crippen LogP contribution is -2.17. The van der Waals surface area contributed by atoms with Gasteiger partial charge in [0, 0.05) is 0 Å². The molecule has 1 rings (SSSR count). The van der Waals surface area contributed by atoms with Crippen LogP contribution in [0.3, 0.4) is 0 Å². The summed E-state index contributed by atoms with van der Waals surface area (Å²) in [6, 6.07) is 0. The third-order valence-electron chi connectivity index (χ3n) is 2.52. The van der Waals surface area contributed by atoms with Crippen LogP contribution in [0, 0.1) is 5.92 Å². The maximum absolute atomic E-state index is 9.23. The fraction of sp³-hybridized carbons (Fsp3) is 0.800. The monoisotopic (exact) mass is 154 g/mol. The molecule has 0 unspecified atom stereocenters. The Kier molecular flexibility index (Phi) is 3.64. The van der Waals surface area contributed by atoms with Crippen molar-refractivity contribution in [1.29, 1.82) is 0 Å². The maximum atomic E-state index is 9.23. The minimum absolute atomic E-state index is 0.00291. The van der Waals surface area contributed by atoms with Crippen LogP contribution in [0.1, 0.15) is 39.0 Å². The first-order chi connectivity index (χ1) is 5.33. The highest BCUT2D eigenvalue weighted by atomic mass is 16.3. The highest BCUT2D eigenvalue weighted by molar-refractivity contribution is 4.82. The Morgan fingerprint density at radius 1 is 1.27 bits per heavy atom. The number of hydrogen-bond donors (Lipinski definition) is 1. The Hall–Kier alpha value is -0.300. The van der Waals surface area contributed by atoms with Crippen molar-refractivity contribution in [2.24, 2.45) is 5.92 Å². The molecule has 0 spiro atoms. The van der Waals surface area contributed by atoms with E-state index >= 15 is 0 Å². The SMILES string of the molecule is C/C=C/CC1CCC(O)CC1. The van der Waals surface area contributed by atoms with Crippen LogP contribution in [0.25, 0.3) is 0 Å². The molecule has 1 nitrogen and oxygen atoms in total. The molecule has 1 aliphatic rings. The zero-order valence-corrected chi connectivity index (χ0v) is 7.29. The summed E-state index contributed by atoms with van der Waals surface area (Å²) in [6.45, 7) is 2.07. The number of hydrogen-bond acceptors (Lipinski definition) is 1. The second-order valence-electron chi connectivity index (χ2n) is 3.48. The molecule has 1 saturated carbocycles. The summed E-state index contributed by atoms with van der Waals surface area (Å²) in [6.07, 6.45) is 10.0. The topological polar surface area (TPSA) is 20.2 Å². The molecule has 0 aliphatic heterocycles. The minimum atomic E-state index is -0.00291. The van der Waals surface area contributed by atoms with Gasteiger partial charge in [0.25, 0.3) is 0 Å². The number of aliphatic hydroxyl groups excluding tert-OH is 1. The predicted molar refractivity (Wildman–Crippen MR) is 47.4 cm³/mol. The van der Waals surface area contributed by atoms with Crippen molar-refractivity contribution in [2.75, 3.05) is 0 Å². The Morgan fingerprint density at radius 3 is 2.45 bits per heavy atom. The molecule has 0 aromatic carbocycles. The van der Waals surface area contributed by atoms with Gasteiger partial charge < -0.3 is 5.11 Å². The van der Waals surface area contributed by atoms with Gasteiger partial charge in [-0.1, -0.05) is 12.2 Å². The van der Waals surface area contributed by atoms with Crippen LogP contribution >= 0.6 is 0 Å². The minimum Gasteiger partial charge on any atom is -0.393 e. The van der Waals surface area contributed by atoms with Crippen molar-refractivity contribution in [1.82, 2.24) is 0 Å². The van der Waals surface area contributed by atoms with Gasteiger partial charge in [-0.25, -0.2) is 0 Å². The van der Waals surface area contributed by atoms with Crippen molar-refractivity contribution in [3.8, 4) is 0 Å². The zero-order chi connectivity index (χ0) is 8.10. The molecule has 0 aromatic heterocycles. The highest BCUT2D eigenvalue weighted by Gasteiger charge is 2.17. The van der Waals surface area contributed by atoms with Crippen molar-refractivity contribution in [3.63, 3.8) is 0 Å². The lowest BCUT2D eigenvalue weighted by molar-refractivity contribution is 0.109. The highest BCUT2D eigenvalue weighted by Crippen LogP contribution is 2.26. The van der Waals surface area contributed by atoms with E-state index < -0.39 is 0 Å². The zero-order valence-electron chi connectivity index (χ0n) is 7.29. The van der Waals surface area contributed by atoms with Gasteiger partial charge in [-0.3, -0.25) is 0 Å². The molecule has 1 N–H and O–H groups in total. The molecule has 11 heavy (non-hydrogen) atoms. The molecule has 0 saturated heterocycles. The first kappa shape index (κ1) is 8.79. The van der Waals surface area contributed by atoms with E-state index in [-0.39, 0.29) is 6.10 Å². The van der Waals surface area contributed by atoms with Gasteiger partial charge in [0.05, 0.1) is 6.10 Å². The quantitative estimate of drug-likeness (QED) is 0.606. The average Bonchev–Trinajstić information content (AvgIpc) is 2.04. The van der Waals surface area contributed by atoms with Crippen LogP contribution in [0.15, 0.2) is 12.2 Å². The largest absolute Gasteiger partial charge is 0.393 e. The van der Waals surface area contributed by atoms with Crippen LogP contribution in [0.5, 0.6) is 0 Å². The third-order valence-corrected chi connectivity index (χ3v) is 2.52. The van der Waals surface area contributed by atoms with Crippen LogP contribution in [-0.2, 0) is 0 Å². The maximum Gasteiger partial charge on any atom is 0.0540 e. The third kappa shape index (κ3) is 3.06. The van der Waals surface area contributed by atoms with Crippen LogP contribution in [-0.4, -0.2) is 11.2 Å². The summed E-state index contributed by atoms with van der Waals surface area (Å²) in [4.78, 5) is 0. The second-order valence-corrected chi connectivity index (χ2v) is 3.48. The predicted octanol–water partition coefficient (Wildman–Crippen LogP) is 2.50. The molecule has 0 atom stereocenters. The second kappa shape index (κ2) is 4.55. The molecule has 64 valence electrons. The summed E-state index contributed by atoms with van der Waals surface area (Å²) in [5, 5.41) is 9.23. The molecule has 0 aromatic rings. The number of allylic oxidation sites excluding steroid dienone is 2. The van der Waals surface area contributed by atoms with Crippen LogP contribution < -0.4 is 0 Å². The van der Waals surface area contributed by atoms with E-state index in [9.17, 15) is 5.11 Å². The standard InChI is InChI=1S/C10H18O/c1-2-3-4-9-5-7-10(11)8-6-9/h2-3,9-11H,4-8H2,1H3/b3-2+. The summed E-state index contributed by atoms with van der Waals surface area (Å²) in [5.74, 6) is 0.842. The molecule has 1 heteroatoms. The Bertz CT molecular complexity index is 121. The van der Waals surface area contributed by atoms with Gasteiger partial charge in [-0.15, -0.1) is 0 Å². The van der Waals surface area contributed by atoms with E-state index in [1.165, 1.54) is 19.3 Å². The van der Waals surface area contributed by atoms with E-state index in [1.54, 1.807) is 0 Å².